The molecule has 1 heterocycles. The van der Waals surface area contributed by atoms with Crippen LogP contribution in [-0.4, -0.2) is 20.7 Å². The lowest BCUT2D eigenvalue weighted by Gasteiger charge is -1.99. The molecular weight excluding hydrogens is 178 g/mol. The number of carboxylic acids is 1. The monoisotopic (exact) mass is 184 g/mol. The number of nitro groups is 1. The van der Waals surface area contributed by atoms with E-state index in [2.05, 4.69) is 5.10 Å². The zero-order chi connectivity index (χ0) is 10.0. The van der Waals surface area contributed by atoms with Crippen LogP contribution in [0.2, 0.25) is 0 Å². The van der Waals surface area contributed by atoms with Gasteiger partial charge in [-0.2, -0.15) is 5.10 Å². The van der Waals surface area contributed by atoms with E-state index in [1.54, 1.807) is 0 Å². The molecule has 0 saturated heterocycles. The van der Waals surface area contributed by atoms with Gasteiger partial charge in [-0.05, 0) is 6.92 Å². The van der Waals surface area contributed by atoms with Gasteiger partial charge in [0.2, 0.25) is 0 Å². The minimum atomic E-state index is -1.34. The van der Waals surface area contributed by atoms with Crippen LogP contribution < -0.4 is 5.11 Å². The standard InChI is InChI=1S/C6H7N3O4/c1-4-5(9(12)13)2-8(7-4)3-6(10)11/h2H,3H2,1H3,(H,10,11)/p-1. The Bertz CT molecular complexity index is 357. The van der Waals surface area contributed by atoms with Crippen molar-refractivity contribution in [2.75, 3.05) is 0 Å². The zero-order valence-corrected chi connectivity index (χ0v) is 6.76. The Hall–Kier alpha value is -1.92. The van der Waals surface area contributed by atoms with Gasteiger partial charge in [-0.15, -0.1) is 0 Å². The fourth-order valence-electron chi connectivity index (χ4n) is 0.900. The molecule has 0 fully saturated rings. The second-order valence-corrected chi connectivity index (χ2v) is 2.43. The second-order valence-electron chi connectivity index (χ2n) is 2.43. The highest BCUT2D eigenvalue weighted by molar-refractivity contribution is 5.64. The number of hydrogen-bond donors (Lipinski definition) is 0. The van der Waals surface area contributed by atoms with Gasteiger partial charge < -0.3 is 9.90 Å². The summed E-state index contributed by atoms with van der Waals surface area (Å²) in [6.45, 7) is 0.957. The number of carboxylic acid groups (broad SMARTS) is 1. The summed E-state index contributed by atoms with van der Waals surface area (Å²) in [6.07, 6.45) is 1.06. The minimum Gasteiger partial charge on any atom is -0.548 e. The molecule has 7 nitrogen and oxygen atoms in total. The van der Waals surface area contributed by atoms with Crippen molar-refractivity contribution in [1.29, 1.82) is 0 Å². The van der Waals surface area contributed by atoms with E-state index in [0.717, 1.165) is 10.9 Å². The van der Waals surface area contributed by atoms with Crippen molar-refractivity contribution in [3.63, 3.8) is 0 Å². The third-order valence-corrected chi connectivity index (χ3v) is 1.41. The lowest BCUT2D eigenvalue weighted by atomic mass is 10.4. The van der Waals surface area contributed by atoms with Crippen molar-refractivity contribution in [2.24, 2.45) is 0 Å². The molecule has 0 saturated carbocycles. The summed E-state index contributed by atoms with van der Waals surface area (Å²) in [7, 11) is 0. The summed E-state index contributed by atoms with van der Waals surface area (Å²) in [5.74, 6) is -1.34. The first kappa shape index (κ1) is 9.17. The average molecular weight is 184 g/mol. The third kappa shape index (κ3) is 2.01. The molecule has 7 heteroatoms. The Morgan fingerprint density at radius 1 is 1.77 bits per heavy atom. The van der Waals surface area contributed by atoms with Crippen molar-refractivity contribution in [3.8, 4) is 0 Å². The SMILES string of the molecule is Cc1nn(CC(=O)[O-])cc1[N+](=O)[O-]. The molecular formula is C6H6N3O4-. The number of hydrogen-bond acceptors (Lipinski definition) is 5. The van der Waals surface area contributed by atoms with Gasteiger partial charge in [0.15, 0.2) is 0 Å². The molecule has 0 radical (unpaired) electrons. The molecule has 0 bridgehead atoms. The number of aliphatic carboxylic acids is 1. The van der Waals surface area contributed by atoms with E-state index >= 15 is 0 Å². The Kier molecular flexibility index (Phi) is 2.27. The summed E-state index contributed by atoms with van der Waals surface area (Å²) < 4.78 is 0.961. The van der Waals surface area contributed by atoms with Gasteiger partial charge in [0.25, 0.3) is 0 Å². The predicted octanol–water partition coefficient (Wildman–Crippen LogP) is -1.15. The van der Waals surface area contributed by atoms with Gasteiger partial charge in [-0.1, -0.05) is 0 Å². The average Bonchev–Trinajstić information content (AvgIpc) is 2.29. The van der Waals surface area contributed by atoms with Gasteiger partial charge in [0.1, 0.15) is 11.9 Å². The van der Waals surface area contributed by atoms with Crippen LogP contribution in [-0.2, 0) is 11.3 Å². The van der Waals surface area contributed by atoms with E-state index in [-0.39, 0.29) is 11.4 Å². The van der Waals surface area contributed by atoms with Crippen LogP contribution in [0, 0.1) is 17.0 Å². The van der Waals surface area contributed by atoms with E-state index in [1.165, 1.54) is 6.92 Å². The highest BCUT2D eigenvalue weighted by Gasteiger charge is 2.14. The highest BCUT2D eigenvalue weighted by atomic mass is 16.6. The lowest BCUT2D eigenvalue weighted by Crippen LogP contribution is -2.27. The van der Waals surface area contributed by atoms with Gasteiger partial charge in [0.05, 0.1) is 17.4 Å². The van der Waals surface area contributed by atoms with Crippen LogP contribution in [0.1, 0.15) is 5.69 Å². The maximum Gasteiger partial charge on any atom is 0.309 e. The molecule has 0 unspecified atom stereocenters. The van der Waals surface area contributed by atoms with E-state index in [1.807, 2.05) is 0 Å². The molecule has 0 aliphatic heterocycles. The molecule has 0 aliphatic carbocycles. The van der Waals surface area contributed by atoms with Crippen LogP contribution in [0.25, 0.3) is 0 Å². The summed E-state index contributed by atoms with van der Waals surface area (Å²) >= 11 is 0. The van der Waals surface area contributed by atoms with Crippen LogP contribution in [0.15, 0.2) is 6.20 Å². The second kappa shape index (κ2) is 3.21. The Morgan fingerprint density at radius 3 is 2.77 bits per heavy atom. The van der Waals surface area contributed by atoms with Gasteiger partial charge in [-0.3, -0.25) is 14.8 Å². The number of rotatable bonds is 3. The molecule has 0 atom stereocenters. The van der Waals surface area contributed by atoms with Crippen molar-refractivity contribution < 1.29 is 14.8 Å². The van der Waals surface area contributed by atoms with Crippen molar-refractivity contribution >= 4 is 11.7 Å². The molecule has 1 rings (SSSR count). The van der Waals surface area contributed by atoms with Gasteiger partial charge in [0, 0.05) is 0 Å². The van der Waals surface area contributed by atoms with E-state index in [4.69, 9.17) is 0 Å². The van der Waals surface area contributed by atoms with Crippen molar-refractivity contribution in [1.82, 2.24) is 9.78 Å². The first-order chi connectivity index (χ1) is 6.00. The molecule has 70 valence electrons. The van der Waals surface area contributed by atoms with Crippen molar-refractivity contribution in [2.45, 2.75) is 13.5 Å². The van der Waals surface area contributed by atoms with Crippen LogP contribution in [0.4, 0.5) is 5.69 Å². The van der Waals surface area contributed by atoms with Crippen molar-refractivity contribution in [3.05, 3.63) is 22.0 Å². The van der Waals surface area contributed by atoms with E-state index < -0.39 is 17.4 Å². The predicted molar refractivity (Wildman–Crippen MR) is 38.6 cm³/mol. The molecule has 0 N–H and O–H groups in total. The smallest absolute Gasteiger partial charge is 0.309 e. The number of carbonyl (C=O) groups is 1. The summed E-state index contributed by atoms with van der Waals surface area (Å²) in [4.78, 5) is 19.8. The number of carbonyl (C=O) groups excluding carboxylic acids is 1. The Labute approximate surface area is 72.7 Å². The van der Waals surface area contributed by atoms with Crippen LogP contribution in [0.5, 0.6) is 0 Å². The maximum atomic E-state index is 10.3. The fourth-order valence-corrected chi connectivity index (χ4v) is 0.900. The quantitative estimate of drug-likeness (QED) is 0.436. The minimum absolute atomic E-state index is 0.186. The Balaban J connectivity index is 2.95. The third-order valence-electron chi connectivity index (χ3n) is 1.41. The summed E-state index contributed by atoms with van der Waals surface area (Å²) in [5, 5.41) is 24.1. The Morgan fingerprint density at radius 2 is 2.38 bits per heavy atom. The normalized spacial score (nSPS) is 9.92. The summed E-state index contributed by atoms with van der Waals surface area (Å²) in [5.41, 5.74) is -0.00694. The molecule has 1 aromatic heterocycles. The topological polar surface area (TPSA) is 101 Å². The fraction of sp³-hybridized carbons (Fsp3) is 0.333. The first-order valence-corrected chi connectivity index (χ1v) is 3.39. The zero-order valence-electron chi connectivity index (χ0n) is 6.76. The molecule has 0 amide bonds. The van der Waals surface area contributed by atoms with E-state index in [0.29, 0.717) is 0 Å². The number of aryl methyl sites for hydroxylation is 1. The molecule has 0 spiro atoms. The van der Waals surface area contributed by atoms with Crippen LogP contribution >= 0.6 is 0 Å². The van der Waals surface area contributed by atoms with Crippen LogP contribution in [0.3, 0.4) is 0 Å². The summed E-state index contributed by atoms with van der Waals surface area (Å²) in [6, 6.07) is 0. The molecule has 0 aliphatic rings. The van der Waals surface area contributed by atoms with Gasteiger partial charge >= 0.3 is 5.69 Å². The highest BCUT2D eigenvalue weighted by Crippen LogP contribution is 2.14. The molecule has 0 aromatic carbocycles. The molecule has 1 aromatic rings. The van der Waals surface area contributed by atoms with E-state index in [9.17, 15) is 20.0 Å². The number of aromatic nitrogens is 2. The first-order valence-electron chi connectivity index (χ1n) is 3.39. The maximum absolute atomic E-state index is 10.3. The van der Waals surface area contributed by atoms with Gasteiger partial charge in [-0.25, -0.2) is 0 Å². The number of nitrogens with zero attached hydrogens (tertiary/aromatic N) is 3. The largest absolute Gasteiger partial charge is 0.548 e. The molecule has 13 heavy (non-hydrogen) atoms. The lowest BCUT2D eigenvalue weighted by molar-refractivity contribution is -0.385.